The number of rotatable bonds is 5. The number of nitrogen functional groups attached to an aromatic ring is 1. The summed E-state index contributed by atoms with van der Waals surface area (Å²) < 4.78 is 14.8. The van der Waals surface area contributed by atoms with Crippen LogP contribution in [0.4, 0.5) is 5.00 Å². The minimum atomic E-state index is -0.742. The van der Waals surface area contributed by atoms with Crippen molar-refractivity contribution in [1.29, 1.82) is 0 Å². The van der Waals surface area contributed by atoms with Gasteiger partial charge in [0.15, 0.2) is 0 Å². The van der Waals surface area contributed by atoms with Crippen LogP contribution in [0.5, 0.6) is 0 Å². The predicted octanol–water partition coefficient (Wildman–Crippen LogP) is 1.40. The molecule has 0 radical (unpaired) electrons. The molecule has 0 aromatic carbocycles. The predicted molar refractivity (Wildman–Crippen MR) is 102 cm³/mol. The molecular formula is C17H20N2O7S2. The number of hydrogen-bond donors (Lipinski definition) is 1. The number of amides is 1. The molecule has 0 saturated carbocycles. The number of thioether (sulfide) groups is 1. The Hall–Kier alpha value is -2.27. The Bertz CT molecular complexity index is 853. The molecule has 0 unspecified atom stereocenters. The third-order valence-electron chi connectivity index (χ3n) is 4.87. The first-order valence-corrected chi connectivity index (χ1v) is 10.2. The average molecular weight is 428 g/mol. The summed E-state index contributed by atoms with van der Waals surface area (Å²) in [6, 6.07) is -0.705. The Labute approximate surface area is 169 Å². The zero-order valence-corrected chi connectivity index (χ0v) is 17.2. The fraction of sp³-hybridized carbons (Fsp3) is 0.529. The van der Waals surface area contributed by atoms with E-state index in [1.54, 1.807) is 16.7 Å². The van der Waals surface area contributed by atoms with Gasteiger partial charge in [-0.3, -0.25) is 4.79 Å². The maximum atomic E-state index is 12.7. The summed E-state index contributed by atoms with van der Waals surface area (Å²) in [5.74, 6) is -1.69. The van der Waals surface area contributed by atoms with Gasteiger partial charge in [-0.05, 0) is 13.3 Å². The first-order chi connectivity index (χ1) is 13.2. The van der Waals surface area contributed by atoms with E-state index in [1.807, 2.05) is 6.92 Å². The number of esters is 3. The van der Waals surface area contributed by atoms with E-state index in [4.69, 9.17) is 19.9 Å². The fourth-order valence-electron chi connectivity index (χ4n) is 3.44. The number of fused-ring (bicyclic) bond motifs is 1. The van der Waals surface area contributed by atoms with Crippen LogP contribution in [-0.2, 0) is 30.4 Å². The van der Waals surface area contributed by atoms with Gasteiger partial charge in [0.1, 0.15) is 28.1 Å². The number of carbonyl (C=O) groups excluding carboxylic acids is 4. The van der Waals surface area contributed by atoms with Gasteiger partial charge in [0.2, 0.25) is 5.91 Å². The number of nitrogens with zero attached hydrogens (tertiary/aromatic N) is 1. The van der Waals surface area contributed by atoms with Gasteiger partial charge in [0.25, 0.3) is 0 Å². The molecule has 2 aliphatic rings. The second kappa shape index (κ2) is 7.63. The molecule has 152 valence electrons. The van der Waals surface area contributed by atoms with Crippen molar-refractivity contribution in [3.05, 3.63) is 16.0 Å². The normalized spacial score (nSPS) is 23.5. The lowest BCUT2D eigenvalue weighted by atomic mass is 10.1. The van der Waals surface area contributed by atoms with Crippen molar-refractivity contribution in [2.24, 2.45) is 0 Å². The number of carbonyl (C=O) groups is 4. The Morgan fingerprint density at radius 1 is 1.25 bits per heavy atom. The molecule has 28 heavy (non-hydrogen) atoms. The highest BCUT2D eigenvalue weighted by molar-refractivity contribution is 8.01. The van der Waals surface area contributed by atoms with Crippen LogP contribution in [0.15, 0.2) is 0 Å². The lowest BCUT2D eigenvalue weighted by Gasteiger charge is -2.29. The monoisotopic (exact) mass is 428 g/mol. The molecule has 1 aromatic heterocycles. The third-order valence-corrected chi connectivity index (χ3v) is 7.42. The minimum Gasteiger partial charge on any atom is -0.465 e. The van der Waals surface area contributed by atoms with Crippen LogP contribution in [0.2, 0.25) is 0 Å². The standard InChI is InChI=1S/C17H20N2O7S2/c1-17-5-4-10(20)19(17)9(7-27-17)14(21)26-6-8-11(15(22)24-2)13(18)28-12(8)16(23)25-3/h9H,4-7,18H2,1-3H3/t9-,17-/m1/s1. The van der Waals surface area contributed by atoms with Crippen LogP contribution in [0.25, 0.3) is 0 Å². The van der Waals surface area contributed by atoms with Crippen molar-refractivity contribution in [2.45, 2.75) is 37.3 Å². The summed E-state index contributed by atoms with van der Waals surface area (Å²) in [7, 11) is 2.38. The van der Waals surface area contributed by atoms with Crippen molar-refractivity contribution < 1.29 is 33.4 Å². The number of nitrogens with two attached hydrogens (primary N) is 1. The van der Waals surface area contributed by atoms with Crippen LogP contribution in [0.3, 0.4) is 0 Å². The lowest BCUT2D eigenvalue weighted by Crippen LogP contribution is -2.46. The summed E-state index contributed by atoms with van der Waals surface area (Å²) in [6.45, 7) is 1.57. The average Bonchev–Trinajstić information content (AvgIpc) is 3.29. The molecule has 3 rings (SSSR count). The highest BCUT2D eigenvalue weighted by atomic mass is 32.2. The molecule has 0 bridgehead atoms. The van der Waals surface area contributed by atoms with Gasteiger partial charge in [-0.25, -0.2) is 14.4 Å². The van der Waals surface area contributed by atoms with Gasteiger partial charge in [-0.2, -0.15) is 0 Å². The van der Waals surface area contributed by atoms with Crippen LogP contribution in [0, 0.1) is 0 Å². The maximum Gasteiger partial charge on any atom is 0.348 e. The van der Waals surface area contributed by atoms with E-state index in [2.05, 4.69) is 0 Å². The van der Waals surface area contributed by atoms with Crippen LogP contribution < -0.4 is 5.73 Å². The maximum absolute atomic E-state index is 12.7. The van der Waals surface area contributed by atoms with E-state index in [0.29, 0.717) is 18.6 Å². The Balaban J connectivity index is 1.82. The molecule has 2 aliphatic heterocycles. The second-order valence-electron chi connectivity index (χ2n) is 6.51. The molecule has 1 amide bonds. The second-order valence-corrected chi connectivity index (χ2v) is 9.06. The van der Waals surface area contributed by atoms with Gasteiger partial charge >= 0.3 is 17.9 Å². The number of hydrogen-bond acceptors (Lipinski definition) is 10. The number of ether oxygens (including phenoxy) is 3. The molecule has 0 aliphatic carbocycles. The molecular weight excluding hydrogens is 408 g/mol. The van der Waals surface area contributed by atoms with Gasteiger partial charge in [-0.1, -0.05) is 0 Å². The van der Waals surface area contributed by atoms with Gasteiger partial charge < -0.3 is 24.8 Å². The van der Waals surface area contributed by atoms with Gasteiger partial charge in [0.05, 0.1) is 19.1 Å². The SMILES string of the molecule is COC(=O)c1sc(N)c(C(=O)OC)c1COC(=O)[C@H]1CS[C@]2(C)CCC(=O)N12. The molecule has 2 fully saturated rings. The zero-order chi connectivity index (χ0) is 20.6. The van der Waals surface area contributed by atoms with E-state index in [1.165, 1.54) is 14.2 Å². The molecule has 11 heteroatoms. The molecule has 9 nitrogen and oxygen atoms in total. The van der Waals surface area contributed by atoms with Gasteiger partial charge in [0, 0.05) is 17.7 Å². The number of anilines is 1. The van der Waals surface area contributed by atoms with E-state index in [0.717, 1.165) is 11.3 Å². The van der Waals surface area contributed by atoms with Crippen LogP contribution >= 0.6 is 23.1 Å². The molecule has 1 aromatic rings. The topological polar surface area (TPSA) is 125 Å². The first-order valence-electron chi connectivity index (χ1n) is 8.44. The van der Waals surface area contributed by atoms with E-state index < -0.39 is 28.8 Å². The summed E-state index contributed by atoms with van der Waals surface area (Å²) in [6.07, 6.45) is 1.08. The smallest absolute Gasteiger partial charge is 0.348 e. The fourth-order valence-corrected chi connectivity index (χ4v) is 5.84. The van der Waals surface area contributed by atoms with Crippen molar-refractivity contribution in [1.82, 2.24) is 4.90 Å². The number of methoxy groups -OCH3 is 2. The molecule has 3 heterocycles. The van der Waals surface area contributed by atoms with Crippen LogP contribution in [0.1, 0.15) is 45.4 Å². The summed E-state index contributed by atoms with van der Waals surface area (Å²) in [5, 5.41) is 0.0667. The first kappa shape index (κ1) is 20.5. The third kappa shape index (κ3) is 3.32. The largest absolute Gasteiger partial charge is 0.465 e. The van der Waals surface area contributed by atoms with Gasteiger partial charge in [-0.15, -0.1) is 23.1 Å². The Kier molecular flexibility index (Phi) is 5.57. The Morgan fingerprint density at radius 2 is 1.93 bits per heavy atom. The van der Waals surface area contributed by atoms with E-state index in [9.17, 15) is 19.2 Å². The highest BCUT2D eigenvalue weighted by Gasteiger charge is 2.53. The highest BCUT2D eigenvalue weighted by Crippen LogP contribution is 2.47. The van der Waals surface area contributed by atoms with Crippen molar-refractivity contribution >= 4 is 51.9 Å². The quantitative estimate of drug-likeness (QED) is 0.547. The zero-order valence-electron chi connectivity index (χ0n) is 15.6. The van der Waals surface area contributed by atoms with Crippen molar-refractivity contribution in [3.8, 4) is 0 Å². The summed E-state index contributed by atoms with van der Waals surface area (Å²) >= 11 is 2.40. The van der Waals surface area contributed by atoms with Crippen molar-refractivity contribution in [2.75, 3.05) is 25.7 Å². The molecule has 2 saturated heterocycles. The van der Waals surface area contributed by atoms with E-state index in [-0.39, 0.29) is 33.5 Å². The lowest BCUT2D eigenvalue weighted by molar-refractivity contribution is -0.154. The minimum absolute atomic E-state index is 0.0245. The molecule has 2 N–H and O–H groups in total. The summed E-state index contributed by atoms with van der Waals surface area (Å²) in [4.78, 5) is 50.2. The Morgan fingerprint density at radius 3 is 2.57 bits per heavy atom. The summed E-state index contributed by atoms with van der Waals surface area (Å²) in [5.41, 5.74) is 5.97. The molecule has 0 spiro atoms. The molecule has 2 atom stereocenters. The van der Waals surface area contributed by atoms with Crippen molar-refractivity contribution in [3.63, 3.8) is 0 Å². The van der Waals surface area contributed by atoms with E-state index >= 15 is 0 Å². The number of thiophene rings is 1. The van der Waals surface area contributed by atoms with Crippen LogP contribution in [-0.4, -0.2) is 59.6 Å².